The van der Waals surface area contributed by atoms with Crippen molar-refractivity contribution in [3.05, 3.63) is 58.9 Å². The first-order chi connectivity index (χ1) is 9.56. The number of rotatable bonds is 4. The molecule has 0 bridgehead atoms. The highest BCUT2D eigenvalue weighted by atomic mass is 35.5. The summed E-state index contributed by atoms with van der Waals surface area (Å²) in [7, 11) is 0. The van der Waals surface area contributed by atoms with Crippen molar-refractivity contribution in [2.45, 2.75) is 6.92 Å². The van der Waals surface area contributed by atoms with Crippen molar-refractivity contribution in [3.8, 4) is 5.75 Å². The molecular weight excluding hydrogens is 281 g/mol. The number of hydrogen-bond donors (Lipinski definition) is 1. The quantitative estimate of drug-likeness (QED) is 0.931. The van der Waals surface area contributed by atoms with E-state index in [1.807, 2.05) is 0 Å². The molecule has 0 aromatic heterocycles. The van der Waals surface area contributed by atoms with E-state index in [1.54, 1.807) is 37.3 Å². The number of halogens is 2. The highest BCUT2D eigenvalue weighted by molar-refractivity contribution is 6.33. The Labute approximate surface area is 121 Å². The Morgan fingerprint density at radius 3 is 2.80 bits per heavy atom. The third kappa shape index (κ3) is 3.71. The Hall–Kier alpha value is -2.07. The lowest BCUT2D eigenvalue weighted by molar-refractivity contribution is -0.118. The van der Waals surface area contributed by atoms with Crippen LogP contribution < -0.4 is 10.1 Å². The average Bonchev–Trinajstić information content (AvgIpc) is 2.42. The molecule has 0 heterocycles. The zero-order chi connectivity index (χ0) is 14.5. The van der Waals surface area contributed by atoms with Gasteiger partial charge >= 0.3 is 0 Å². The van der Waals surface area contributed by atoms with Crippen molar-refractivity contribution >= 4 is 23.2 Å². The van der Waals surface area contributed by atoms with Crippen molar-refractivity contribution < 1.29 is 13.9 Å². The van der Waals surface area contributed by atoms with E-state index in [0.29, 0.717) is 16.5 Å². The van der Waals surface area contributed by atoms with Gasteiger partial charge in [-0.3, -0.25) is 4.79 Å². The van der Waals surface area contributed by atoms with Gasteiger partial charge in [-0.25, -0.2) is 4.39 Å². The fourth-order valence-electron chi connectivity index (χ4n) is 1.62. The molecule has 0 unspecified atom stereocenters. The van der Waals surface area contributed by atoms with Gasteiger partial charge in [-0.2, -0.15) is 0 Å². The second-order valence-corrected chi connectivity index (χ2v) is 4.63. The molecule has 0 aliphatic rings. The average molecular weight is 294 g/mol. The van der Waals surface area contributed by atoms with Gasteiger partial charge in [-0.15, -0.1) is 0 Å². The van der Waals surface area contributed by atoms with Crippen molar-refractivity contribution in [1.82, 2.24) is 0 Å². The summed E-state index contributed by atoms with van der Waals surface area (Å²) in [4.78, 5) is 11.7. The molecule has 0 aliphatic heterocycles. The number of carbonyl (C=O) groups excluding carboxylic acids is 1. The Morgan fingerprint density at radius 1 is 1.30 bits per heavy atom. The third-order valence-corrected chi connectivity index (χ3v) is 2.99. The second-order valence-electron chi connectivity index (χ2n) is 4.23. The molecule has 1 amide bonds. The van der Waals surface area contributed by atoms with E-state index in [2.05, 4.69) is 5.32 Å². The first-order valence-corrected chi connectivity index (χ1v) is 6.37. The molecule has 3 nitrogen and oxygen atoms in total. The largest absolute Gasteiger partial charge is 0.483 e. The minimum Gasteiger partial charge on any atom is -0.483 e. The van der Waals surface area contributed by atoms with Crippen LogP contribution in [-0.2, 0) is 4.79 Å². The van der Waals surface area contributed by atoms with E-state index in [-0.39, 0.29) is 12.5 Å². The van der Waals surface area contributed by atoms with E-state index >= 15 is 0 Å². The summed E-state index contributed by atoms with van der Waals surface area (Å²) in [5.74, 6) is -0.418. The number of ether oxygens (including phenoxy) is 1. The Morgan fingerprint density at radius 2 is 2.05 bits per heavy atom. The normalized spacial score (nSPS) is 10.2. The first kappa shape index (κ1) is 14.3. The Kier molecular flexibility index (Phi) is 4.58. The maximum Gasteiger partial charge on any atom is 0.262 e. The summed E-state index contributed by atoms with van der Waals surface area (Å²) < 4.78 is 18.4. The molecule has 2 aromatic rings. The number of nitrogens with one attached hydrogen (secondary N) is 1. The molecule has 0 spiro atoms. The zero-order valence-electron chi connectivity index (χ0n) is 10.8. The molecule has 0 saturated heterocycles. The molecular formula is C15H13ClFNO2. The summed E-state index contributed by atoms with van der Waals surface area (Å²) in [6.07, 6.45) is 0. The minimum absolute atomic E-state index is 0.213. The lowest BCUT2D eigenvalue weighted by Crippen LogP contribution is -2.20. The van der Waals surface area contributed by atoms with E-state index in [0.717, 1.165) is 5.56 Å². The van der Waals surface area contributed by atoms with Crippen LogP contribution in [0.1, 0.15) is 5.56 Å². The van der Waals surface area contributed by atoms with Crippen molar-refractivity contribution in [2.24, 2.45) is 0 Å². The number of aryl methyl sites for hydroxylation is 1. The lowest BCUT2D eigenvalue weighted by Gasteiger charge is -2.10. The van der Waals surface area contributed by atoms with Crippen LogP contribution in [0, 0.1) is 12.7 Å². The molecule has 20 heavy (non-hydrogen) atoms. The van der Waals surface area contributed by atoms with Crippen LogP contribution in [0.4, 0.5) is 10.1 Å². The Balaban J connectivity index is 1.96. The molecule has 0 radical (unpaired) electrons. The topological polar surface area (TPSA) is 38.3 Å². The fourth-order valence-corrected chi connectivity index (χ4v) is 1.80. The highest BCUT2D eigenvalue weighted by Gasteiger charge is 2.08. The number of carbonyl (C=O) groups is 1. The minimum atomic E-state index is -0.405. The molecule has 0 aliphatic carbocycles. The van der Waals surface area contributed by atoms with Crippen molar-refractivity contribution in [3.63, 3.8) is 0 Å². The van der Waals surface area contributed by atoms with E-state index < -0.39 is 5.82 Å². The molecule has 2 rings (SSSR count). The monoisotopic (exact) mass is 293 g/mol. The number of amides is 1. The van der Waals surface area contributed by atoms with E-state index in [9.17, 15) is 9.18 Å². The summed E-state index contributed by atoms with van der Waals surface area (Å²) >= 11 is 5.93. The van der Waals surface area contributed by atoms with Crippen LogP contribution >= 0.6 is 11.6 Å². The number of benzene rings is 2. The van der Waals surface area contributed by atoms with Crippen LogP contribution in [0.3, 0.4) is 0 Å². The number of hydrogen-bond acceptors (Lipinski definition) is 2. The summed E-state index contributed by atoms with van der Waals surface area (Å²) in [6.45, 7) is 1.57. The first-order valence-electron chi connectivity index (χ1n) is 5.99. The van der Waals surface area contributed by atoms with Gasteiger partial charge in [-0.1, -0.05) is 29.8 Å². The van der Waals surface area contributed by atoms with E-state index in [1.165, 1.54) is 12.1 Å². The third-order valence-electron chi connectivity index (χ3n) is 2.66. The molecule has 1 N–H and O–H groups in total. The van der Waals surface area contributed by atoms with Gasteiger partial charge in [0, 0.05) is 6.07 Å². The summed E-state index contributed by atoms with van der Waals surface area (Å²) in [5, 5.41) is 3.07. The van der Waals surface area contributed by atoms with Gasteiger partial charge in [0.15, 0.2) is 6.61 Å². The SMILES string of the molecule is Cc1ccc(F)cc1OCC(=O)Nc1ccccc1Cl. The predicted molar refractivity (Wildman–Crippen MR) is 76.7 cm³/mol. The predicted octanol–water partition coefficient (Wildman–Crippen LogP) is 3.81. The van der Waals surface area contributed by atoms with Gasteiger partial charge in [0.05, 0.1) is 10.7 Å². The van der Waals surface area contributed by atoms with Gasteiger partial charge < -0.3 is 10.1 Å². The molecule has 5 heteroatoms. The maximum atomic E-state index is 13.1. The lowest BCUT2D eigenvalue weighted by atomic mass is 10.2. The van der Waals surface area contributed by atoms with Crippen molar-refractivity contribution in [2.75, 3.05) is 11.9 Å². The van der Waals surface area contributed by atoms with Gasteiger partial charge in [0.1, 0.15) is 11.6 Å². The van der Waals surface area contributed by atoms with E-state index in [4.69, 9.17) is 16.3 Å². The summed E-state index contributed by atoms with van der Waals surface area (Å²) in [6, 6.07) is 11.1. The smallest absolute Gasteiger partial charge is 0.262 e. The standard InChI is InChI=1S/C15H13ClFNO2/c1-10-6-7-11(17)8-14(10)20-9-15(19)18-13-5-3-2-4-12(13)16/h2-8H,9H2,1H3,(H,18,19). The van der Waals surface area contributed by atoms with Crippen molar-refractivity contribution in [1.29, 1.82) is 0 Å². The van der Waals surface area contributed by atoms with Crippen LogP contribution in [-0.4, -0.2) is 12.5 Å². The molecule has 104 valence electrons. The highest BCUT2D eigenvalue weighted by Crippen LogP contribution is 2.21. The number of para-hydroxylation sites is 1. The molecule has 0 atom stereocenters. The fraction of sp³-hybridized carbons (Fsp3) is 0.133. The van der Waals surface area contributed by atoms with Gasteiger partial charge in [0.25, 0.3) is 5.91 Å². The molecule has 2 aromatic carbocycles. The molecule has 0 fully saturated rings. The van der Waals surface area contributed by atoms with Gasteiger partial charge in [-0.05, 0) is 30.7 Å². The van der Waals surface area contributed by atoms with Crippen LogP contribution in [0.15, 0.2) is 42.5 Å². The summed E-state index contributed by atoms with van der Waals surface area (Å²) in [5.41, 5.74) is 1.27. The van der Waals surface area contributed by atoms with Crippen LogP contribution in [0.25, 0.3) is 0 Å². The Bertz CT molecular complexity index is 631. The van der Waals surface area contributed by atoms with Gasteiger partial charge in [0.2, 0.25) is 0 Å². The zero-order valence-corrected chi connectivity index (χ0v) is 11.6. The molecule has 0 saturated carbocycles. The second kappa shape index (κ2) is 6.39. The van der Waals surface area contributed by atoms with Crippen LogP contribution in [0.5, 0.6) is 5.75 Å². The number of anilines is 1. The maximum absolute atomic E-state index is 13.1. The van der Waals surface area contributed by atoms with Crippen LogP contribution in [0.2, 0.25) is 5.02 Å².